The Hall–Kier alpha value is -3.33. The predicted octanol–water partition coefficient (Wildman–Crippen LogP) is 4.82. The highest BCUT2D eigenvalue weighted by molar-refractivity contribution is 5.90. The normalized spacial score (nSPS) is 19.1. The topological polar surface area (TPSA) is 99.2 Å². The van der Waals surface area contributed by atoms with Gasteiger partial charge in [0.2, 0.25) is 5.88 Å². The molecular formula is C29H41N3O6. The van der Waals surface area contributed by atoms with Gasteiger partial charge in [-0.3, -0.25) is 9.69 Å². The Morgan fingerprint density at radius 3 is 2.50 bits per heavy atom. The lowest BCUT2D eigenvalue weighted by Gasteiger charge is -2.36. The van der Waals surface area contributed by atoms with Crippen LogP contribution in [0.25, 0.3) is 16.8 Å². The number of alkyl carbamates (subject to hydrolysis) is 1. The van der Waals surface area contributed by atoms with E-state index in [-0.39, 0.29) is 23.5 Å². The molecule has 1 fully saturated rings. The number of likely N-dealkylation sites (tertiary alicyclic amines) is 1. The number of amides is 1. The lowest BCUT2D eigenvalue weighted by molar-refractivity contribution is -0.146. The number of hydrogen-bond acceptors (Lipinski definition) is 8. The molecule has 2 heterocycles. The molecule has 9 heteroatoms. The maximum atomic E-state index is 12.8. The highest BCUT2D eigenvalue weighted by Gasteiger charge is 2.42. The van der Waals surface area contributed by atoms with E-state index in [0.717, 1.165) is 16.3 Å². The van der Waals surface area contributed by atoms with Crippen LogP contribution in [0.4, 0.5) is 4.79 Å². The number of aromatic nitrogens is 1. The number of fused-ring (bicyclic) bond motifs is 1. The van der Waals surface area contributed by atoms with Crippen LogP contribution < -0.4 is 14.8 Å². The number of esters is 1. The first-order valence-corrected chi connectivity index (χ1v) is 12.8. The van der Waals surface area contributed by atoms with Gasteiger partial charge in [0, 0.05) is 42.7 Å². The molecule has 0 bridgehead atoms. The van der Waals surface area contributed by atoms with E-state index in [4.69, 9.17) is 18.9 Å². The molecule has 1 aromatic carbocycles. The zero-order valence-electron chi connectivity index (χ0n) is 23.8. The monoisotopic (exact) mass is 527 g/mol. The van der Waals surface area contributed by atoms with E-state index in [1.807, 2.05) is 64.6 Å². The fourth-order valence-electron chi connectivity index (χ4n) is 4.53. The van der Waals surface area contributed by atoms with Gasteiger partial charge in [-0.15, -0.1) is 0 Å². The van der Waals surface area contributed by atoms with E-state index in [2.05, 4.69) is 16.9 Å². The highest BCUT2D eigenvalue weighted by Crippen LogP contribution is 2.33. The third kappa shape index (κ3) is 7.16. The van der Waals surface area contributed by atoms with Gasteiger partial charge in [-0.05, 0) is 49.8 Å². The van der Waals surface area contributed by atoms with Crippen molar-refractivity contribution in [2.24, 2.45) is 5.41 Å². The molecule has 2 aromatic rings. The Balaban J connectivity index is 1.84. The van der Waals surface area contributed by atoms with E-state index in [1.165, 1.54) is 7.11 Å². The molecule has 1 amide bonds. The van der Waals surface area contributed by atoms with Crippen molar-refractivity contribution in [1.29, 1.82) is 0 Å². The fraction of sp³-hybridized carbons (Fsp3) is 0.552. The van der Waals surface area contributed by atoms with Crippen molar-refractivity contribution in [2.45, 2.75) is 71.8 Å². The van der Waals surface area contributed by atoms with Gasteiger partial charge in [0.25, 0.3) is 0 Å². The van der Waals surface area contributed by atoms with Gasteiger partial charge in [0.05, 0.1) is 14.2 Å². The van der Waals surface area contributed by atoms with E-state index < -0.39 is 17.7 Å². The summed E-state index contributed by atoms with van der Waals surface area (Å²) >= 11 is 0. The molecule has 3 rings (SSSR count). The Morgan fingerprint density at radius 1 is 1.21 bits per heavy atom. The standard InChI is InChI=1S/C29H41N3O6/c1-10-18-13-21-19(14-23(18)35-8)11-12-30-25(21)37-20-15-22(26(33)36-9)32(16-20)17-24(28(2,3)4)31-27(34)38-29(5,6)7/h10-14,20,22,24H,1,15-17H2,2-9H3,(H,31,34). The molecule has 1 saturated heterocycles. The van der Waals surface area contributed by atoms with E-state index in [1.54, 1.807) is 19.4 Å². The minimum atomic E-state index is -0.616. The van der Waals surface area contributed by atoms with Crippen molar-refractivity contribution in [3.63, 3.8) is 0 Å². The van der Waals surface area contributed by atoms with Crippen molar-refractivity contribution in [3.05, 3.63) is 36.5 Å². The first-order chi connectivity index (χ1) is 17.7. The second kappa shape index (κ2) is 11.6. The van der Waals surface area contributed by atoms with Gasteiger partial charge in [-0.25, -0.2) is 9.78 Å². The molecule has 1 aliphatic heterocycles. The summed E-state index contributed by atoms with van der Waals surface area (Å²) in [7, 11) is 3.00. The summed E-state index contributed by atoms with van der Waals surface area (Å²) < 4.78 is 22.5. The van der Waals surface area contributed by atoms with E-state index >= 15 is 0 Å². The van der Waals surface area contributed by atoms with Crippen molar-refractivity contribution >= 4 is 28.9 Å². The van der Waals surface area contributed by atoms with Gasteiger partial charge in [-0.1, -0.05) is 33.4 Å². The minimum absolute atomic E-state index is 0.290. The summed E-state index contributed by atoms with van der Waals surface area (Å²) in [6.45, 7) is 16.3. The van der Waals surface area contributed by atoms with Crippen molar-refractivity contribution in [1.82, 2.24) is 15.2 Å². The molecule has 0 saturated carbocycles. The zero-order valence-corrected chi connectivity index (χ0v) is 23.8. The second-order valence-corrected chi connectivity index (χ2v) is 11.7. The van der Waals surface area contributed by atoms with Crippen LogP contribution in [-0.2, 0) is 14.3 Å². The summed E-state index contributed by atoms with van der Waals surface area (Å²) in [6, 6.07) is 4.95. The zero-order chi connectivity index (χ0) is 28.3. The number of carbonyl (C=O) groups excluding carboxylic acids is 2. The summed E-state index contributed by atoms with van der Waals surface area (Å²) in [5, 5.41) is 4.75. The predicted molar refractivity (Wildman–Crippen MR) is 147 cm³/mol. The summed E-state index contributed by atoms with van der Waals surface area (Å²) in [4.78, 5) is 31.8. The van der Waals surface area contributed by atoms with Crippen molar-refractivity contribution in [2.75, 3.05) is 27.3 Å². The van der Waals surface area contributed by atoms with Gasteiger partial charge in [-0.2, -0.15) is 0 Å². The number of nitrogens with zero attached hydrogens (tertiary/aromatic N) is 2. The Labute approximate surface area is 225 Å². The van der Waals surface area contributed by atoms with Crippen LogP contribution in [0.1, 0.15) is 53.5 Å². The highest BCUT2D eigenvalue weighted by atomic mass is 16.6. The molecule has 1 aromatic heterocycles. The van der Waals surface area contributed by atoms with Crippen LogP contribution in [0.5, 0.6) is 11.6 Å². The number of methoxy groups -OCH3 is 2. The molecule has 1 N–H and O–H groups in total. The average Bonchev–Trinajstić information content (AvgIpc) is 3.22. The minimum Gasteiger partial charge on any atom is -0.496 e. The summed E-state index contributed by atoms with van der Waals surface area (Å²) in [6.07, 6.45) is 3.04. The third-order valence-corrected chi connectivity index (χ3v) is 6.57. The number of rotatable bonds is 8. The number of ether oxygens (including phenoxy) is 4. The lowest BCUT2D eigenvalue weighted by Crippen LogP contribution is -2.53. The molecule has 38 heavy (non-hydrogen) atoms. The van der Waals surface area contributed by atoms with Crippen LogP contribution in [0.2, 0.25) is 0 Å². The first-order valence-electron chi connectivity index (χ1n) is 12.8. The Kier molecular flexibility index (Phi) is 8.92. The van der Waals surface area contributed by atoms with Gasteiger partial charge >= 0.3 is 12.1 Å². The average molecular weight is 528 g/mol. The molecule has 208 valence electrons. The van der Waals surface area contributed by atoms with Crippen LogP contribution in [0.3, 0.4) is 0 Å². The third-order valence-electron chi connectivity index (χ3n) is 6.57. The molecule has 9 nitrogen and oxygen atoms in total. The number of hydrogen-bond donors (Lipinski definition) is 1. The fourth-order valence-corrected chi connectivity index (χ4v) is 4.53. The van der Waals surface area contributed by atoms with E-state index in [0.29, 0.717) is 31.1 Å². The molecule has 3 unspecified atom stereocenters. The van der Waals surface area contributed by atoms with Crippen LogP contribution in [0.15, 0.2) is 31.0 Å². The number of pyridine rings is 1. The second-order valence-electron chi connectivity index (χ2n) is 11.7. The summed E-state index contributed by atoms with van der Waals surface area (Å²) in [5.74, 6) is 0.849. The molecule has 0 radical (unpaired) electrons. The SMILES string of the molecule is C=Cc1cc2c(OC3CC(C(=O)OC)N(CC(NC(=O)OC(C)(C)C)C(C)(C)C)C3)nccc2cc1OC. The quantitative estimate of drug-likeness (QED) is 0.488. The molecule has 0 aliphatic carbocycles. The van der Waals surface area contributed by atoms with Gasteiger partial charge in [0.1, 0.15) is 23.5 Å². The number of carbonyl (C=O) groups is 2. The van der Waals surface area contributed by atoms with Gasteiger partial charge in [0.15, 0.2) is 0 Å². The number of benzene rings is 1. The lowest BCUT2D eigenvalue weighted by atomic mass is 9.86. The van der Waals surface area contributed by atoms with Crippen molar-refractivity contribution in [3.8, 4) is 11.6 Å². The largest absolute Gasteiger partial charge is 0.496 e. The smallest absolute Gasteiger partial charge is 0.407 e. The van der Waals surface area contributed by atoms with E-state index in [9.17, 15) is 9.59 Å². The molecule has 3 atom stereocenters. The maximum Gasteiger partial charge on any atom is 0.407 e. The van der Waals surface area contributed by atoms with Crippen LogP contribution in [-0.4, -0.2) is 73.0 Å². The maximum absolute atomic E-state index is 12.8. The summed E-state index contributed by atoms with van der Waals surface area (Å²) in [5.41, 5.74) is -0.0813. The number of nitrogens with one attached hydrogen (secondary N) is 1. The Morgan fingerprint density at radius 2 is 1.92 bits per heavy atom. The Bertz CT molecular complexity index is 1170. The molecular weight excluding hydrogens is 486 g/mol. The first kappa shape index (κ1) is 29.2. The van der Waals surface area contributed by atoms with Crippen LogP contribution in [0, 0.1) is 5.41 Å². The molecule has 1 aliphatic rings. The van der Waals surface area contributed by atoms with Crippen molar-refractivity contribution < 1.29 is 28.5 Å². The van der Waals surface area contributed by atoms with Crippen LogP contribution >= 0.6 is 0 Å². The molecule has 0 spiro atoms. The van der Waals surface area contributed by atoms with Gasteiger partial charge < -0.3 is 24.3 Å².